The van der Waals surface area contributed by atoms with E-state index in [0.717, 1.165) is 38.4 Å². The second kappa shape index (κ2) is 5.32. The lowest BCUT2D eigenvalue weighted by Gasteiger charge is -2.04. The maximum absolute atomic E-state index is 12.6. The summed E-state index contributed by atoms with van der Waals surface area (Å²) in [6, 6.07) is 3.51. The van der Waals surface area contributed by atoms with E-state index in [-0.39, 0.29) is 5.56 Å². The van der Waals surface area contributed by atoms with Gasteiger partial charge in [-0.1, -0.05) is 0 Å². The maximum atomic E-state index is 12.6. The number of hydrogen-bond donors (Lipinski definition) is 3. The third-order valence-corrected chi connectivity index (χ3v) is 5.15. The highest BCUT2D eigenvalue weighted by Gasteiger charge is 2.15. The molecule has 0 aliphatic heterocycles. The smallest absolute Gasteiger partial charge is 0.255 e. The number of aromatic amines is 3. The van der Waals surface area contributed by atoms with E-state index in [1.54, 1.807) is 53.2 Å². The predicted octanol–water partition coefficient (Wildman–Crippen LogP) is 3.16. The van der Waals surface area contributed by atoms with Crippen molar-refractivity contribution in [2.75, 3.05) is 0 Å². The molecule has 0 bridgehead atoms. The van der Waals surface area contributed by atoms with Crippen LogP contribution >= 0.6 is 11.3 Å². The molecule has 5 rings (SSSR count). The Kier molecular flexibility index (Phi) is 2.98. The summed E-state index contributed by atoms with van der Waals surface area (Å²) in [6.07, 6.45) is 10.5. The first kappa shape index (κ1) is 14.0. The maximum Gasteiger partial charge on any atom is 0.255 e. The van der Waals surface area contributed by atoms with Gasteiger partial charge >= 0.3 is 0 Å². The fraction of sp³-hybridized carbons (Fsp3) is 0. The molecule has 3 N–H and O–H groups in total. The Bertz CT molecular complexity index is 1210. The van der Waals surface area contributed by atoms with Crippen LogP contribution in [0.3, 0.4) is 0 Å². The molecule has 122 valence electrons. The second-order valence-electron chi connectivity index (χ2n) is 5.58. The van der Waals surface area contributed by atoms with Crippen LogP contribution in [0.4, 0.5) is 0 Å². The highest BCUT2D eigenvalue weighted by Crippen LogP contribution is 2.35. The fourth-order valence-electron chi connectivity index (χ4n) is 2.94. The van der Waals surface area contributed by atoms with Crippen molar-refractivity contribution in [1.29, 1.82) is 0 Å². The normalized spacial score (nSPS) is 11.4. The quantitative estimate of drug-likeness (QED) is 0.467. The number of hydrogen-bond acceptors (Lipinski definition) is 4. The monoisotopic (exact) mass is 348 g/mol. The lowest BCUT2D eigenvalue weighted by atomic mass is 10.2. The Morgan fingerprint density at radius 2 is 1.84 bits per heavy atom. The first-order chi connectivity index (χ1) is 12.3. The van der Waals surface area contributed by atoms with E-state index in [9.17, 15) is 4.79 Å². The van der Waals surface area contributed by atoms with E-state index >= 15 is 0 Å². The Morgan fingerprint density at radius 3 is 2.56 bits per heavy atom. The molecule has 5 aromatic heterocycles. The number of H-pyrrole nitrogens is 3. The minimum Gasteiger partial charge on any atom is -0.358 e. The molecule has 0 fully saturated rings. The van der Waals surface area contributed by atoms with Gasteiger partial charge in [0.2, 0.25) is 0 Å². The van der Waals surface area contributed by atoms with Crippen LogP contribution in [0, 0.1) is 0 Å². The highest BCUT2D eigenvalue weighted by molar-refractivity contribution is 7.18. The molecule has 5 aromatic rings. The van der Waals surface area contributed by atoms with Crippen LogP contribution in [0.1, 0.15) is 0 Å². The van der Waals surface area contributed by atoms with Gasteiger partial charge in [0.25, 0.3) is 5.56 Å². The van der Waals surface area contributed by atoms with E-state index in [2.05, 4.69) is 24.9 Å². The third kappa shape index (κ3) is 2.15. The van der Waals surface area contributed by atoms with Crippen LogP contribution in [0.15, 0.2) is 59.7 Å². The molecule has 0 spiro atoms. The number of nitrogens with one attached hydrogen (secondary N) is 3. The second-order valence-corrected chi connectivity index (χ2v) is 6.46. The van der Waals surface area contributed by atoms with Gasteiger partial charge in [-0.3, -0.25) is 9.36 Å². The molecule has 0 saturated heterocycles. The Morgan fingerprint density at radius 1 is 1.04 bits per heavy atom. The van der Waals surface area contributed by atoms with Crippen molar-refractivity contribution in [3.05, 3.63) is 65.3 Å². The molecule has 0 amide bonds. The summed E-state index contributed by atoms with van der Waals surface area (Å²) >= 11 is 1.60. The van der Waals surface area contributed by atoms with Crippen molar-refractivity contribution in [3.8, 4) is 28.2 Å². The number of imidazole rings is 2. The molecule has 0 aromatic carbocycles. The van der Waals surface area contributed by atoms with Gasteiger partial charge in [0.1, 0.15) is 0 Å². The Labute approximate surface area is 145 Å². The van der Waals surface area contributed by atoms with E-state index in [1.165, 1.54) is 0 Å². The molecule has 25 heavy (non-hydrogen) atoms. The van der Waals surface area contributed by atoms with Crippen LogP contribution in [0.2, 0.25) is 0 Å². The van der Waals surface area contributed by atoms with E-state index in [4.69, 9.17) is 0 Å². The zero-order valence-corrected chi connectivity index (χ0v) is 13.7. The van der Waals surface area contributed by atoms with Gasteiger partial charge in [-0.05, 0) is 6.07 Å². The van der Waals surface area contributed by atoms with Crippen molar-refractivity contribution in [2.24, 2.45) is 0 Å². The molecule has 0 saturated carbocycles. The summed E-state index contributed by atoms with van der Waals surface area (Å²) < 4.78 is 2.73. The number of nitrogens with zero attached hydrogens (tertiary/aromatic N) is 3. The first-order valence-electron chi connectivity index (χ1n) is 7.60. The van der Waals surface area contributed by atoms with Gasteiger partial charge in [-0.25, -0.2) is 9.97 Å². The van der Waals surface area contributed by atoms with E-state index in [0.29, 0.717) is 0 Å². The molecule has 7 nitrogen and oxygen atoms in total. The standard InChI is InChI=1S/C17H12N6OS/c24-15-3-10(12-5-18-8-21-12)1-2-23(15)14-7-25-17-11(4-20-16(14)17)13-6-19-9-22-13/h1-9,20H,(H,18,21)(H,19,22). The van der Waals surface area contributed by atoms with Gasteiger partial charge in [0.15, 0.2) is 0 Å². The lowest BCUT2D eigenvalue weighted by molar-refractivity contribution is 1.00. The SMILES string of the molecule is O=c1cc(-c2cnc[nH]2)ccn1-c1csc2c(-c3cnc[nH]3)c[nH]c12. The van der Waals surface area contributed by atoms with Crippen molar-refractivity contribution in [1.82, 2.24) is 29.5 Å². The Hall–Kier alpha value is -3.39. The van der Waals surface area contributed by atoms with Crippen molar-refractivity contribution < 1.29 is 0 Å². The summed E-state index contributed by atoms with van der Waals surface area (Å²) in [5, 5.41) is 1.98. The van der Waals surface area contributed by atoms with Gasteiger partial charge < -0.3 is 15.0 Å². The van der Waals surface area contributed by atoms with Crippen LogP contribution in [-0.2, 0) is 0 Å². The molecular weight excluding hydrogens is 336 g/mol. The molecule has 0 aliphatic carbocycles. The number of aromatic nitrogens is 6. The van der Waals surface area contributed by atoms with Crippen LogP contribution in [-0.4, -0.2) is 29.5 Å². The number of fused-ring (bicyclic) bond motifs is 1. The molecular formula is C17H12N6OS. The minimum absolute atomic E-state index is 0.0931. The zero-order chi connectivity index (χ0) is 16.8. The molecule has 0 aliphatic rings. The molecule has 0 atom stereocenters. The fourth-order valence-corrected chi connectivity index (χ4v) is 3.97. The van der Waals surface area contributed by atoms with E-state index < -0.39 is 0 Å². The van der Waals surface area contributed by atoms with Crippen molar-refractivity contribution in [2.45, 2.75) is 0 Å². The summed E-state index contributed by atoms with van der Waals surface area (Å²) in [7, 11) is 0. The largest absolute Gasteiger partial charge is 0.358 e. The van der Waals surface area contributed by atoms with Gasteiger partial charge in [0.05, 0.1) is 52.3 Å². The molecule has 0 radical (unpaired) electrons. The molecule has 5 heterocycles. The third-order valence-electron chi connectivity index (χ3n) is 4.15. The average Bonchev–Trinajstić information content (AvgIpc) is 3.38. The van der Waals surface area contributed by atoms with Crippen molar-refractivity contribution in [3.63, 3.8) is 0 Å². The van der Waals surface area contributed by atoms with Crippen LogP contribution in [0.5, 0.6) is 0 Å². The lowest BCUT2D eigenvalue weighted by Crippen LogP contribution is -2.16. The van der Waals surface area contributed by atoms with Crippen LogP contribution in [0.25, 0.3) is 38.4 Å². The summed E-state index contributed by atoms with van der Waals surface area (Å²) in [6.45, 7) is 0. The molecule has 0 unspecified atom stereocenters. The summed E-state index contributed by atoms with van der Waals surface area (Å²) in [5.41, 5.74) is 5.31. The number of rotatable bonds is 3. The van der Waals surface area contributed by atoms with Gasteiger partial charge in [0, 0.05) is 35.0 Å². The average molecular weight is 348 g/mol. The van der Waals surface area contributed by atoms with Gasteiger partial charge in [-0.2, -0.15) is 0 Å². The topological polar surface area (TPSA) is 95.2 Å². The van der Waals surface area contributed by atoms with Crippen LogP contribution < -0.4 is 5.56 Å². The summed E-state index contributed by atoms with van der Waals surface area (Å²) in [5.74, 6) is 0. The predicted molar refractivity (Wildman–Crippen MR) is 96.9 cm³/mol. The Balaban J connectivity index is 1.63. The first-order valence-corrected chi connectivity index (χ1v) is 8.48. The highest BCUT2D eigenvalue weighted by atomic mass is 32.1. The summed E-state index contributed by atoms with van der Waals surface area (Å²) in [4.78, 5) is 30.1. The molecule has 8 heteroatoms. The number of pyridine rings is 1. The van der Waals surface area contributed by atoms with Crippen molar-refractivity contribution >= 4 is 21.6 Å². The van der Waals surface area contributed by atoms with Gasteiger partial charge in [-0.15, -0.1) is 11.3 Å². The van der Waals surface area contributed by atoms with E-state index in [1.807, 2.05) is 17.6 Å². The minimum atomic E-state index is -0.0931. The zero-order valence-electron chi connectivity index (χ0n) is 12.9. The number of thiophene rings is 1.